The molecule has 5 nitrogen and oxygen atoms in total. The van der Waals surface area contributed by atoms with Crippen LogP contribution < -0.4 is 10.1 Å². The van der Waals surface area contributed by atoms with E-state index in [0.29, 0.717) is 12.5 Å². The van der Waals surface area contributed by atoms with E-state index >= 15 is 0 Å². The number of benzene rings is 1. The lowest BCUT2D eigenvalue weighted by atomic mass is 10.1. The summed E-state index contributed by atoms with van der Waals surface area (Å²) < 4.78 is 6.84. The lowest BCUT2D eigenvalue weighted by Crippen LogP contribution is -2.33. The standard InChI is InChI=1S/C17H23N3O2/c1-12(2)9-18-17(21)13(3)20-11-15(10-19-20)14-5-7-16(22-4)8-6-14/h5-8,10-13H,9H2,1-4H3,(H,18,21)/t13-/m0/s1. The number of methoxy groups -OCH3 is 1. The number of aromatic nitrogens is 2. The van der Waals surface area contributed by atoms with Crippen LogP contribution in [0.5, 0.6) is 5.75 Å². The molecule has 0 saturated carbocycles. The number of nitrogens with zero attached hydrogens (tertiary/aromatic N) is 2. The molecule has 5 heteroatoms. The van der Waals surface area contributed by atoms with Gasteiger partial charge in [-0.15, -0.1) is 0 Å². The number of hydrogen-bond donors (Lipinski definition) is 1. The van der Waals surface area contributed by atoms with Crippen molar-refractivity contribution in [2.75, 3.05) is 13.7 Å². The van der Waals surface area contributed by atoms with Gasteiger partial charge in [-0.2, -0.15) is 5.10 Å². The maximum absolute atomic E-state index is 12.1. The largest absolute Gasteiger partial charge is 0.497 e. The van der Waals surface area contributed by atoms with Crippen LogP contribution in [0.25, 0.3) is 11.1 Å². The fourth-order valence-electron chi connectivity index (χ4n) is 2.05. The van der Waals surface area contributed by atoms with E-state index in [4.69, 9.17) is 4.74 Å². The van der Waals surface area contributed by atoms with E-state index in [1.807, 2.05) is 37.4 Å². The van der Waals surface area contributed by atoms with Gasteiger partial charge in [0.05, 0.1) is 13.3 Å². The summed E-state index contributed by atoms with van der Waals surface area (Å²) >= 11 is 0. The maximum atomic E-state index is 12.1. The second-order valence-electron chi connectivity index (χ2n) is 5.75. The normalized spacial score (nSPS) is 12.2. The molecule has 2 aromatic rings. The van der Waals surface area contributed by atoms with Crippen LogP contribution in [0.2, 0.25) is 0 Å². The first kappa shape index (κ1) is 16.1. The van der Waals surface area contributed by atoms with Crippen LogP contribution in [-0.2, 0) is 4.79 Å². The number of nitrogens with one attached hydrogen (secondary N) is 1. The van der Waals surface area contributed by atoms with Crippen molar-refractivity contribution in [3.63, 3.8) is 0 Å². The molecule has 0 aliphatic rings. The highest BCUT2D eigenvalue weighted by Gasteiger charge is 2.16. The SMILES string of the molecule is COc1ccc(-c2cnn([C@@H](C)C(=O)NCC(C)C)c2)cc1. The summed E-state index contributed by atoms with van der Waals surface area (Å²) in [7, 11) is 1.64. The third-order valence-electron chi connectivity index (χ3n) is 3.49. The minimum atomic E-state index is -0.328. The van der Waals surface area contributed by atoms with Crippen molar-refractivity contribution in [2.45, 2.75) is 26.8 Å². The van der Waals surface area contributed by atoms with Crippen LogP contribution >= 0.6 is 0 Å². The molecule has 0 aliphatic heterocycles. The molecule has 1 aromatic heterocycles. The third-order valence-corrected chi connectivity index (χ3v) is 3.49. The van der Waals surface area contributed by atoms with Crippen molar-refractivity contribution in [1.82, 2.24) is 15.1 Å². The highest BCUT2D eigenvalue weighted by molar-refractivity contribution is 5.80. The molecule has 1 amide bonds. The zero-order valence-corrected chi connectivity index (χ0v) is 13.5. The fourth-order valence-corrected chi connectivity index (χ4v) is 2.05. The molecule has 1 N–H and O–H groups in total. The van der Waals surface area contributed by atoms with Crippen LogP contribution in [0.4, 0.5) is 0 Å². The number of carbonyl (C=O) groups excluding carboxylic acids is 1. The van der Waals surface area contributed by atoms with Crippen LogP contribution in [0.15, 0.2) is 36.7 Å². The summed E-state index contributed by atoms with van der Waals surface area (Å²) in [5.41, 5.74) is 2.02. The first-order chi connectivity index (χ1) is 10.5. The van der Waals surface area contributed by atoms with Gasteiger partial charge in [0.1, 0.15) is 11.8 Å². The summed E-state index contributed by atoms with van der Waals surface area (Å²) in [5, 5.41) is 7.24. The minimum Gasteiger partial charge on any atom is -0.497 e. The van der Waals surface area contributed by atoms with Gasteiger partial charge in [-0.05, 0) is 30.5 Å². The number of rotatable bonds is 6. The monoisotopic (exact) mass is 301 g/mol. The van der Waals surface area contributed by atoms with Crippen molar-refractivity contribution >= 4 is 5.91 Å². The Morgan fingerprint density at radius 3 is 2.50 bits per heavy atom. The van der Waals surface area contributed by atoms with Crippen LogP contribution in [0, 0.1) is 5.92 Å². The summed E-state index contributed by atoms with van der Waals surface area (Å²) in [6, 6.07) is 7.44. The molecule has 0 bridgehead atoms. The summed E-state index contributed by atoms with van der Waals surface area (Å²) in [4.78, 5) is 12.1. The molecular formula is C17H23N3O2. The predicted octanol–water partition coefficient (Wildman–Crippen LogP) is 2.89. The Morgan fingerprint density at radius 1 is 1.23 bits per heavy atom. The van der Waals surface area contributed by atoms with Crippen molar-refractivity contribution < 1.29 is 9.53 Å². The summed E-state index contributed by atoms with van der Waals surface area (Å²) in [6.07, 6.45) is 3.66. The lowest BCUT2D eigenvalue weighted by Gasteiger charge is -2.13. The number of hydrogen-bond acceptors (Lipinski definition) is 3. The van der Waals surface area contributed by atoms with E-state index in [-0.39, 0.29) is 11.9 Å². The Labute approximate surface area is 131 Å². The first-order valence-electron chi connectivity index (χ1n) is 7.47. The Bertz CT molecular complexity index is 617. The van der Waals surface area contributed by atoms with Crippen molar-refractivity contribution in [2.24, 2.45) is 5.92 Å². The van der Waals surface area contributed by atoms with Gasteiger partial charge in [-0.3, -0.25) is 9.48 Å². The highest BCUT2D eigenvalue weighted by atomic mass is 16.5. The van der Waals surface area contributed by atoms with Gasteiger partial charge in [-0.25, -0.2) is 0 Å². The molecule has 0 spiro atoms. The Hall–Kier alpha value is -2.30. The van der Waals surface area contributed by atoms with E-state index < -0.39 is 0 Å². The smallest absolute Gasteiger partial charge is 0.244 e. The van der Waals surface area contributed by atoms with Crippen LogP contribution in [0.3, 0.4) is 0 Å². The number of carbonyl (C=O) groups is 1. The fraction of sp³-hybridized carbons (Fsp3) is 0.412. The van der Waals surface area contributed by atoms with Crippen LogP contribution in [0.1, 0.15) is 26.8 Å². The highest BCUT2D eigenvalue weighted by Crippen LogP contribution is 2.22. The zero-order valence-electron chi connectivity index (χ0n) is 13.5. The zero-order chi connectivity index (χ0) is 16.1. The van der Waals surface area contributed by atoms with Crippen molar-refractivity contribution in [3.8, 4) is 16.9 Å². The molecule has 1 aromatic carbocycles. The quantitative estimate of drug-likeness (QED) is 0.892. The van der Waals surface area contributed by atoms with Gasteiger partial charge >= 0.3 is 0 Å². The van der Waals surface area contributed by atoms with Crippen molar-refractivity contribution in [1.29, 1.82) is 0 Å². The Morgan fingerprint density at radius 2 is 1.91 bits per heavy atom. The van der Waals surface area contributed by atoms with E-state index in [0.717, 1.165) is 16.9 Å². The molecule has 1 atom stereocenters. The first-order valence-corrected chi connectivity index (χ1v) is 7.47. The van der Waals surface area contributed by atoms with Gasteiger partial charge in [-0.1, -0.05) is 26.0 Å². The van der Waals surface area contributed by atoms with Gasteiger partial charge < -0.3 is 10.1 Å². The third kappa shape index (κ3) is 3.87. The molecule has 118 valence electrons. The summed E-state index contributed by atoms with van der Waals surface area (Å²) in [6.45, 7) is 6.66. The second-order valence-corrected chi connectivity index (χ2v) is 5.75. The number of amides is 1. The molecular weight excluding hydrogens is 278 g/mol. The van der Waals surface area contributed by atoms with E-state index in [9.17, 15) is 4.79 Å². The van der Waals surface area contributed by atoms with E-state index in [2.05, 4.69) is 24.3 Å². The lowest BCUT2D eigenvalue weighted by molar-refractivity contribution is -0.124. The molecule has 0 fully saturated rings. The Kier molecular flexibility index (Phi) is 5.20. The topological polar surface area (TPSA) is 56.2 Å². The van der Waals surface area contributed by atoms with Gasteiger partial charge in [0.25, 0.3) is 0 Å². The minimum absolute atomic E-state index is 0.0157. The molecule has 0 unspecified atom stereocenters. The Balaban J connectivity index is 2.08. The average molecular weight is 301 g/mol. The van der Waals surface area contributed by atoms with Gasteiger partial charge in [0.15, 0.2) is 0 Å². The van der Waals surface area contributed by atoms with Crippen molar-refractivity contribution in [3.05, 3.63) is 36.7 Å². The van der Waals surface area contributed by atoms with Gasteiger partial charge in [0, 0.05) is 18.3 Å². The molecule has 0 aliphatic carbocycles. The molecule has 0 radical (unpaired) electrons. The second kappa shape index (κ2) is 7.11. The van der Waals surface area contributed by atoms with E-state index in [1.54, 1.807) is 18.0 Å². The molecule has 0 saturated heterocycles. The molecule has 1 heterocycles. The van der Waals surface area contributed by atoms with Gasteiger partial charge in [0.2, 0.25) is 5.91 Å². The van der Waals surface area contributed by atoms with E-state index in [1.165, 1.54) is 0 Å². The molecule has 2 rings (SSSR count). The predicted molar refractivity (Wildman–Crippen MR) is 86.8 cm³/mol. The summed E-state index contributed by atoms with van der Waals surface area (Å²) in [5.74, 6) is 1.24. The average Bonchev–Trinajstić information content (AvgIpc) is 3.01. The maximum Gasteiger partial charge on any atom is 0.244 e. The number of ether oxygens (including phenoxy) is 1. The molecule has 22 heavy (non-hydrogen) atoms. The van der Waals surface area contributed by atoms with Crippen LogP contribution in [-0.4, -0.2) is 29.3 Å².